The quantitative estimate of drug-likeness (QED) is 0.147. The highest BCUT2D eigenvalue weighted by atomic mass is 15.2. The van der Waals surface area contributed by atoms with E-state index in [4.69, 9.17) is 0 Å². The van der Waals surface area contributed by atoms with Crippen molar-refractivity contribution in [3.63, 3.8) is 0 Å². The zero-order valence-electron chi connectivity index (χ0n) is 55.2. The summed E-state index contributed by atoms with van der Waals surface area (Å²) in [7, 11) is 0. The van der Waals surface area contributed by atoms with E-state index in [0.717, 1.165) is 35.6 Å². The molecule has 0 saturated carbocycles. The van der Waals surface area contributed by atoms with Gasteiger partial charge in [0.25, 0.3) is 6.71 Å². The molecule has 1 aliphatic carbocycles. The summed E-state index contributed by atoms with van der Waals surface area (Å²) in [6.07, 6.45) is 2.26. The fourth-order valence-electron chi connectivity index (χ4n) is 13.9. The molecule has 0 N–H and O–H groups in total. The SMILES string of the molecule is CC(C)(C)c1ccc(N(c2ccc(C(C)(C)C)cc2)c2cc3c4c(c2)N(c2ccc(C(C)(C)C)cc2-c2ccc(-c5ccccc5)cc2)c2cc5c(cc2B4c2ccc(C(C)(C)C)cc2N3c2cccc(C(C)(C)C)c2)C(C)(C)CCC5(C)C)cc1. The van der Waals surface area contributed by atoms with Crippen molar-refractivity contribution in [3.05, 3.63) is 227 Å². The van der Waals surface area contributed by atoms with E-state index < -0.39 is 0 Å². The van der Waals surface area contributed by atoms with Gasteiger partial charge in [-0.3, -0.25) is 0 Å². The van der Waals surface area contributed by atoms with Gasteiger partial charge in [0.1, 0.15) is 0 Å². The Bertz CT molecular complexity index is 3990. The summed E-state index contributed by atoms with van der Waals surface area (Å²) in [5, 5.41) is 0. The molecule has 2 heterocycles. The summed E-state index contributed by atoms with van der Waals surface area (Å²) >= 11 is 0. The van der Waals surface area contributed by atoms with Crippen molar-refractivity contribution in [3.8, 4) is 22.3 Å². The van der Waals surface area contributed by atoms with Crippen LogP contribution in [0.5, 0.6) is 0 Å². The van der Waals surface area contributed by atoms with Crippen molar-refractivity contribution in [2.45, 2.75) is 182 Å². The summed E-state index contributed by atoms with van der Waals surface area (Å²) in [6, 6.07) is 73.8. The fraction of sp³-hybridized carbons (Fsp3) is 0.341. The van der Waals surface area contributed by atoms with Crippen LogP contribution < -0.4 is 31.1 Å². The molecule has 0 unspecified atom stereocenters. The highest BCUT2D eigenvalue weighted by molar-refractivity contribution is 7.00. The summed E-state index contributed by atoms with van der Waals surface area (Å²) in [6.45, 7) is 44.9. The van der Waals surface area contributed by atoms with Crippen molar-refractivity contribution in [1.82, 2.24) is 0 Å². The van der Waals surface area contributed by atoms with Gasteiger partial charge in [-0.25, -0.2) is 0 Å². The van der Waals surface area contributed by atoms with Crippen LogP contribution >= 0.6 is 0 Å². The number of rotatable bonds is 7. The van der Waals surface area contributed by atoms with Crippen LogP contribution in [0.3, 0.4) is 0 Å². The Morgan fingerprint density at radius 3 is 1.34 bits per heavy atom. The van der Waals surface area contributed by atoms with Crippen LogP contribution in [0.4, 0.5) is 51.2 Å². The second-order valence-corrected chi connectivity index (χ2v) is 31.9. The molecule has 0 radical (unpaired) electrons. The zero-order valence-corrected chi connectivity index (χ0v) is 55.2. The van der Waals surface area contributed by atoms with Crippen molar-refractivity contribution in [2.24, 2.45) is 0 Å². The third kappa shape index (κ3) is 10.5. The highest BCUT2D eigenvalue weighted by Crippen LogP contribution is 2.54. The van der Waals surface area contributed by atoms with Gasteiger partial charge in [0, 0.05) is 45.4 Å². The first kappa shape index (κ1) is 58.8. The molecular formula is C82H92BN3. The Kier molecular flexibility index (Phi) is 14.0. The van der Waals surface area contributed by atoms with Gasteiger partial charge in [0.15, 0.2) is 0 Å². The van der Waals surface area contributed by atoms with Crippen LogP contribution in [0.1, 0.15) is 183 Å². The van der Waals surface area contributed by atoms with Gasteiger partial charge in [-0.05, 0) is 196 Å². The molecule has 0 amide bonds. The van der Waals surface area contributed by atoms with E-state index in [1.54, 1.807) is 0 Å². The van der Waals surface area contributed by atoms with E-state index in [2.05, 4.69) is 334 Å². The fourth-order valence-corrected chi connectivity index (χ4v) is 13.9. The van der Waals surface area contributed by atoms with Crippen LogP contribution in [0.15, 0.2) is 188 Å². The molecule has 3 nitrogen and oxygen atoms in total. The van der Waals surface area contributed by atoms with E-state index in [0.29, 0.717) is 0 Å². The molecule has 2 aliphatic heterocycles. The lowest BCUT2D eigenvalue weighted by Gasteiger charge is -2.48. The average molecular weight is 1130 g/mol. The van der Waals surface area contributed by atoms with E-state index in [1.165, 1.54) is 106 Å². The number of fused-ring (bicyclic) bond motifs is 5. The number of benzene rings is 9. The molecule has 0 saturated heterocycles. The number of hydrogen-bond donors (Lipinski definition) is 0. The van der Waals surface area contributed by atoms with E-state index in [1.807, 2.05) is 0 Å². The normalized spacial score (nSPS) is 15.4. The minimum absolute atomic E-state index is 0.0108. The molecule has 12 rings (SSSR count). The maximum atomic E-state index is 2.72. The van der Waals surface area contributed by atoms with Gasteiger partial charge in [-0.15, -0.1) is 0 Å². The van der Waals surface area contributed by atoms with Gasteiger partial charge in [-0.2, -0.15) is 0 Å². The van der Waals surface area contributed by atoms with Crippen LogP contribution in [-0.4, -0.2) is 6.71 Å². The third-order valence-corrected chi connectivity index (χ3v) is 19.5. The smallest absolute Gasteiger partial charge is 0.252 e. The van der Waals surface area contributed by atoms with Gasteiger partial charge in [0.2, 0.25) is 0 Å². The Morgan fingerprint density at radius 2 is 0.791 bits per heavy atom. The van der Waals surface area contributed by atoms with Crippen molar-refractivity contribution >= 4 is 74.3 Å². The summed E-state index contributed by atoms with van der Waals surface area (Å²) < 4.78 is 0. The first-order valence-electron chi connectivity index (χ1n) is 31.8. The maximum absolute atomic E-state index is 2.72. The summed E-state index contributed by atoms with van der Waals surface area (Å²) in [5.74, 6) is 0. The van der Waals surface area contributed by atoms with Gasteiger partial charge in [-0.1, -0.05) is 247 Å². The Balaban J connectivity index is 1.25. The van der Waals surface area contributed by atoms with Crippen LogP contribution in [0.2, 0.25) is 0 Å². The molecule has 4 heteroatoms. The minimum Gasteiger partial charge on any atom is -0.311 e. The molecule has 438 valence electrons. The lowest BCUT2D eigenvalue weighted by molar-refractivity contribution is 0.332. The molecular weight excluding hydrogens is 1040 g/mol. The lowest BCUT2D eigenvalue weighted by atomic mass is 9.33. The Labute approximate surface area is 517 Å². The predicted octanol–water partition coefficient (Wildman–Crippen LogP) is 21.4. The number of hydrogen-bond acceptors (Lipinski definition) is 3. The van der Waals surface area contributed by atoms with E-state index in [9.17, 15) is 0 Å². The molecule has 0 fully saturated rings. The lowest BCUT2D eigenvalue weighted by Crippen LogP contribution is -2.62. The van der Waals surface area contributed by atoms with Crippen molar-refractivity contribution < 1.29 is 0 Å². The molecule has 86 heavy (non-hydrogen) atoms. The van der Waals surface area contributed by atoms with Crippen molar-refractivity contribution in [1.29, 1.82) is 0 Å². The topological polar surface area (TPSA) is 9.72 Å². The van der Waals surface area contributed by atoms with Gasteiger partial charge in [0.05, 0.1) is 11.4 Å². The molecule has 9 aromatic rings. The zero-order chi connectivity index (χ0) is 61.4. The van der Waals surface area contributed by atoms with Gasteiger partial charge < -0.3 is 14.7 Å². The highest BCUT2D eigenvalue weighted by Gasteiger charge is 2.48. The first-order chi connectivity index (χ1) is 40.3. The molecule has 3 aliphatic rings. The Morgan fingerprint density at radius 1 is 0.337 bits per heavy atom. The van der Waals surface area contributed by atoms with Crippen LogP contribution in [0, 0.1) is 0 Å². The third-order valence-electron chi connectivity index (χ3n) is 19.5. The van der Waals surface area contributed by atoms with Crippen LogP contribution in [0.25, 0.3) is 22.3 Å². The van der Waals surface area contributed by atoms with E-state index in [-0.39, 0.29) is 44.6 Å². The average Bonchev–Trinajstić information content (AvgIpc) is 0.695. The first-order valence-corrected chi connectivity index (χ1v) is 31.8. The summed E-state index contributed by atoms with van der Waals surface area (Å²) in [5.41, 5.74) is 28.5. The molecule has 0 aromatic heterocycles. The number of anilines is 9. The largest absolute Gasteiger partial charge is 0.311 e. The second-order valence-electron chi connectivity index (χ2n) is 31.9. The molecule has 0 atom stereocenters. The monoisotopic (exact) mass is 1130 g/mol. The Hall–Kier alpha value is -7.56. The second kappa shape index (κ2) is 20.5. The molecule has 9 aromatic carbocycles. The standard InChI is InChI=1S/C82H92BN3/c1-76(2,3)56-32-38-61(39-33-56)84(62-40-34-57(35-41-62)77(4,5)6)64-49-73-75-74(50-64)86(70-43-37-59(79(10,11)12)47-65(70)55-30-28-54(29-31-55)53-24-21-20-22-25-53)72-52-67-66(81(16,17)44-45-82(67,18)19)51-69(72)83(75)68-42-36-60(80(13,14)15)48-71(68)85(73)63-27-23-26-58(46-63)78(7,8)9/h20-43,46-52H,44-45H2,1-19H3. The van der Waals surface area contributed by atoms with Gasteiger partial charge >= 0.3 is 0 Å². The molecule has 0 spiro atoms. The van der Waals surface area contributed by atoms with E-state index >= 15 is 0 Å². The van der Waals surface area contributed by atoms with Crippen LogP contribution in [-0.2, 0) is 37.9 Å². The predicted molar refractivity (Wildman–Crippen MR) is 375 cm³/mol. The molecule has 0 bridgehead atoms. The summed E-state index contributed by atoms with van der Waals surface area (Å²) in [4.78, 5) is 7.91. The maximum Gasteiger partial charge on any atom is 0.252 e. The number of nitrogens with zero attached hydrogens (tertiary/aromatic N) is 3. The minimum atomic E-state index is -0.0980. The van der Waals surface area contributed by atoms with Crippen molar-refractivity contribution in [2.75, 3.05) is 14.7 Å².